The van der Waals surface area contributed by atoms with Gasteiger partial charge >= 0.3 is 6.36 Å². The van der Waals surface area contributed by atoms with Gasteiger partial charge in [0.15, 0.2) is 0 Å². The van der Waals surface area contributed by atoms with Crippen molar-refractivity contribution in [2.75, 3.05) is 0 Å². The van der Waals surface area contributed by atoms with E-state index in [1.54, 1.807) is 6.07 Å². The fourth-order valence-electron chi connectivity index (χ4n) is 1.11. The first-order chi connectivity index (χ1) is 6.85. The van der Waals surface area contributed by atoms with Crippen molar-refractivity contribution in [2.45, 2.75) is 20.2 Å². The highest BCUT2D eigenvalue weighted by molar-refractivity contribution is 5.45. The molecule has 80 valence electrons. The summed E-state index contributed by atoms with van der Waals surface area (Å²) in [6, 6.07) is 1.69. The Morgan fingerprint density at radius 1 is 1.40 bits per heavy atom. The molecule has 3 nitrogen and oxygen atoms in total. The molecule has 0 N–H and O–H groups in total. The van der Waals surface area contributed by atoms with Crippen LogP contribution in [0.1, 0.15) is 16.8 Å². The van der Waals surface area contributed by atoms with Gasteiger partial charge in [-0.25, -0.2) is 4.98 Å². The van der Waals surface area contributed by atoms with Crippen LogP contribution in [-0.2, 0) is 0 Å². The highest BCUT2D eigenvalue weighted by Gasteiger charge is 2.33. The number of nitrogens with zero attached hydrogens (tertiary/aromatic N) is 2. The van der Waals surface area contributed by atoms with Gasteiger partial charge in [-0.2, -0.15) is 5.26 Å². The standard InChI is InChI=1S/C9H7F3N2O/c1-5-4-14-7(3-13)6(2)8(5)15-9(10,11)12/h4H,1-2H3. The summed E-state index contributed by atoms with van der Waals surface area (Å²) in [6.45, 7) is 2.79. The third-order valence-corrected chi connectivity index (χ3v) is 1.76. The minimum Gasteiger partial charge on any atom is -0.405 e. The van der Waals surface area contributed by atoms with Crippen molar-refractivity contribution < 1.29 is 17.9 Å². The molecule has 0 unspecified atom stereocenters. The first-order valence-electron chi connectivity index (χ1n) is 3.97. The normalized spacial score (nSPS) is 10.9. The van der Waals surface area contributed by atoms with Gasteiger partial charge in [-0.1, -0.05) is 0 Å². The van der Waals surface area contributed by atoms with Gasteiger partial charge in [-0.15, -0.1) is 13.2 Å². The summed E-state index contributed by atoms with van der Waals surface area (Å²) >= 11 is 0. The SMILES string of the molecule is Cc1cnc(C#N)c(C)c1OC(F)(F)F. The molecule has 1 rings (SSSR count). The van der Waals surface area contributed by atoms with Gasteiger partial charge in [0.2, 0.25) is 0 Å². The second-order valence-electron chi connectivity index (χ2n) is 2.90. The van der Waals surface area contributed by atoms with Crippen molar-refractivity contribution >= 4 is 0 Å². The topological polar surface area (TPSA) is 45.9 Å². The average Bonchev–Trinajstić information content (AvgIpc) is 2.11. The third-order valence-electron chi connectivity index (χ3n) is 1.76. The number of halogens is 3. The lowest BCUT2D eigenvalue weighted by atomic mass is 10.1. The number of hydrogen-bond acceptors (Lipinski definition) is 3. The Bertz CT molecular complexity index is 421. The summed E-state index contributed by atoms with van der Waals surface area (Å²) in [5, 5.41) is 8.58. The number of hydrogen-bond donors (Lipinski definition) is 0. The molecule has 0 radical (unpaired) electrons. The van der Waals surface area contributed by atoms with Crippen LogP contribution in [0.15, 0.2) is 6.20 Å². The van der Waals surface area contributed by atoms with E-state index in [2.05, 4.69) is 9.72 Å². The van der Waals surface area contributed by atoms with Gasteiger partial charge in [-0.05, 0) is 13.8 Å². The number of rotatable bonds is 1. The molecule has 1 heterocycles. The van der Waals surface area contributed by atoms with Gasteiger partial charge in [0, 0.05) is 17.3 Å². The molecule has 6 heteroatoms. The summed E-state index contributed by atoms with van der Waals surface area (Å²) in [5.74, 6) is -0.353. The zero-order valence-corrected chi connectivity index (χ0v) is 8.01. The van der Waals surface area contributed by atoms with Crippen LogP contribution in [0.2, 0.25) is 0 Å². The van der Waals surface area contributed by atoms with Crippen LogP contribution in [0.5, 0.6) is 5.75 Å². The first kappa shape index (κ1) is 11.3. The number of alkyl halides is 3. The van der Waals surface area contributed by atoms with Crippen molar-refractivity contribution in [3.8, 4) is 11.8 Å². The minimum atomic E-state index is -4.76. The van der Waals surface area contributed by atoms with Crippen LogP contribution >= 0.6 is 0 Å². The number of nitriles is 1. The molecule has 0 saturated heterocycles. The molecule has 0 aliphatic rings. The van der Waals surface area contributed by atoms with Gasteiger partial charge in [0.05, 0.1) is 0 Å². The summed E-state index contributed by atoms with van der Waals surface area (Å²) < 4.78 is 39.8. The molecule has 0 aliphatic carbocycles. The highest BCUT2D eigenvalue weighted by Crippen LogP contribution is 2.29. The Labute approximate surface area is 84.1 Å². The van der Waals surface area contributed by atoms with E-state index >= 15 is 0 Å². The van der Waals surface area contributed by atoms with Gasteiger partial charge < -0.3 is 4.74 Å². The number of ether oxygens (including phenoxy) is 1. The van der Waals surface area contributed by atoms with Crippen molar-refractivity contribution in [1.82, 2.24) is 4.98 Å². The first-order valence-corrected chi connectivity index (χ1v) is 3.97. The molecule has 15 heavy (non-hydrogen) atoms. The molecule has 0 aromatic carbocycles. The maximum Gasteiger partial charge on any atom is 0.573 e. The molecular formula is C9H7F3N2O. The molecular weight excluding hydrogens is 209 g/mol. The molecule has 0 amide bonds. The minimum absolute atomic E-state index is 0.0696. The highest BCUT2D eigenvalue weighted by atomic mass is 19.4. The lowest BCUT2D eigenvalue weighted by Crippen LogP contribution is -2.19. The van der Waals surface area contributed by atoms with E-state index in [-0.39, 0.29) is 22.6 Å². The van der Waals surface area contributed by atoms with Crippen LogP contribution in [0, 0.1) is 25.2 Å². The lowest BCUT2D eigenvalue weighted by Gasteiger charge is -2.13. The third kappa shape index (κ3) is 2.59. The molecule has 1 aromatic heterocycles. The fourth-order valence-corrected chi connectivity index (χ4v) is 1.11. The summed E-state index contributed by atoms with van der Waals surface area (Å²) in [6.07, 6.45) is -3.59. The smallest absolute Gasteiger partial charge is 0.405 e. The Morgan fingerprint density at radius 2 is 2.00 bits per heavy atom. The zero-order chi connectivity index (χ0) is 11.6. The van der Waals surface area contributed by atoms with Crippen molar-refractivity contribution in [2.24, 2.45) is 0 Å². The Morgan fingerprint density at radius 3 is 2.47 bits per heavy atom. The van der Waals surface area contributed by atoms with Crippen LogP contribution in [-0.4, -0.2) is 11.3 Å². The van der Waals surface area contributed by atoms with E-state index in [1.165, 1.54) is 20.0 Å². The second-order valence-corrected chi connectivity index (χ2v) is 2.90. The molecule has 0 atom stereocenters. The molecule has 0 bridgehead atoms. The van der Waals surface area contributed by atoms with Crippen molar-refractivity contribution in [1.29, 1.82) is 5.26 Å². The van der Waals surface area contributed by atoms with Gasteiger partial charge in [0.1, 0.15) is 17.5 Å². The monoisotopic (exact) mass is 216 g/mol. The summed E-state index contributed by atoms with van der Waals surface area (Å²) in [5.41, 5.74) is 0.263. The van der Waals surface area contributed by atoms with E-state index in [4.69, 9.17) is 5.26 Å². The Hall–Kier alpha value is -1.77. The van der Waals surface area contributed by atoms with Gasteiger partial charge in [0.25, 0.3) is 0 Å². The number of aromatic nitrogens is 1. The summed E-state index contributed by atoms with van der Waals surface area (Å²) in [7, 11) is 0. The Balaban J connectivity index is 3.23. The van der Waals surface area contributed by atoms with E-state index in [1.807, 2.05) is 0 Å². The average molecular weight is 216 g/mol. The lowest BCUT2D eigenvalue weighted by molar-refractivity contribution is -0.275. The zero-order valence-electron chi connectivity index (χ0n) is 8.01. The predicted molar refractivity (Wildman–Crippen MR) is 45.1 cm³/mol. The number of pyridine rings is 1. The largest absolute Gasteiger partial charge is 0.573 e. The van der Waals surface area contributed by atoms with Crippen LogP contribution in [0.25, 0.3) is 0 Å². The molecule has 0 spiro atoms. The maximum atomic E-state index is 12.0. The Kier molecular flexibility index (Phi) is 2.84. The summed E-state index contributed by atoms with van der Waals surface area (Å²) in [4.78, 5) is 3.68. The van der Waals surface area contributed by atoms with Crippen LogP contribution < -0.4 is 4.74 Å². The molecule has 1 aromatic rings. The fraction of sp³-hybridized carbons (Fsp3) is 0.333. The number of aryl methyl sites for hydroxylation is 1. The van der Waals surface area contributed by atoms with Crippen molar-refractivity contribution in [3.05, 3.63) is 23.0 Å². The van der Waals surface area contributed by atoms with E-state index in [0.717, 1.165) is 0 Å². The molecule has 0 aliphatic heterocycles. The van der Waals surface area contributed by atoms with Crippen LogP contribution in [0.3, 0.4) is 0 Å². The second kappa shape index (κ2) is 3.77. The van der Waals surface area contributed by atoms with Crippen molar-refractivity contribution in [3.63, 3.8) is 0 Å². The quantitative estimate of drug-likeness (QED) is 0.724. The van der Waals surface area contributed by atoms with E-state index in [0.29, 0.717) is 0 Å². The molecule has 0 fully saturated rings. The van der Waals surface area contributed by atoms with Crippen LogP contribution in [0.4, 0.5) is 13.2 Å². The maximum absolute atomic E-state index is 12.0. The van der Waals surface area contributed by atoms with Gasteiger partial charge in [-0.3, -0.25) is 0 Å². The van der Waals surface area contributed by atoms with E-state index in [9.17, 15) is 13.2 Å². The predicted octanol–water partition coefficient (Wildman–Crippen LogP) is 2.47. The molecule has 0 saturated carbocycles. The van der Waals surface area contributed by atoms with E-state index < -0.39 is 6.36 Å².